The number of anilines is 1. The average Bonchev–Trinajstić information content (AvgIpc) is 2.45. The molecule has 0 saturated heterocycles. The molecule has 3 nitrogen and oxygen atoms in total. The molecule has 2 N–H and O–H groups in total. The van der Waals surface area contributed by atoms with E-state index in [2.05, 4.69) is 0 Å². The SMILES string of the molecule is Cc1cc(C(=O)N(C)Cc2ccc(F)c(F)c2)ccc1N. The van der Waals surface area contributed by atoms with Crippen molar-refractivity contribution in [1.29, 1.82) is 0 Å². The van der Waals surface area contributed by atoms with Crippen LogP contribution in [0.4, 0.5) is 14.5 Å². The largest absolute Gasteiger partial charge is 0.399 e. The minimum atomic E-state index is -0.920. The van der Waals surface area contributed by atoms with Crippen molar-refractivity contribution in [1.82, 2.24) is 4.90 Å². The third-order valence-corrected chi connectivity index (χ3v) is 3.27. The monoisotopic (exact) mass is 290 g/mol. The van der Waals surface area contributed by atoms with Crippen molar-refractivity contribution in [3.05, 3.63) is 64.7 Å². The Kier molecular flexibility index (Phi) is 4.21. The molecule has 0 aromatic heterocycles. The summed E-state index contributed by atoms with van der Waals surface area (Å²) < 4.78 is 26.0. The van der Waals surface area contributed by atoms with E-state index in [0.29, 0.717) is 16.8 Å². The highest BCUT2D eigenvalue weighted by atomic mass is 19.2. The highest BCUT2D eigenvalue weighted by molar-refractivity contribution is 5.94. The molecular formula is C16H16F2N2O. The van der Waals surface area contributed by atoms with Gasteiger partial charge in [-0.3, -0.25) is 4.79 Å². The fourth-order valence-corrected chi connectivity index (χ4v) is 2.01. The Balaban J connectivity index is 2.15. The number of nitrogen functional groups attached to an aromatic ring is 1. The quantitative estimate of drug-likeness (QED) is 0.883. The Labute approximate surface area is 122 Å². The third-order valence-electron chi connectivity index (χ3n) is 3.27. The van der Waals surface area contributed by atoms with Gasteiger partial charge in [0.2, 0.25) is 0 Å². The van der Waals surface area contributed by atoms with Crippen molar-refractivity contribution >= 4 is 11.6 Å². The lowest BCUT2D eigenvalue weighted by atomic mass is 10.1. The first-order valence-electron chi connectivity index (χ1n) is 6.44. The van der Waals surface area contributed by atoms with Crippen molar-refractivity contribution < 1.29 is 13.6 Å². The Bertz CT molecular complexity index is 686. The summed E-state index contributed by atoms with van der Waals surface area (Å²) in [4.78, 5) is 13.7. The fraction of sp³-hybridized carbons (Fsp3) is 0.188. The Morgan fingerprint density at radius 3 is 2.48 bits per heavy atom. The molecule has 0 aliphatic heterocycles. The molecule has 110 valence electrons. The molecule has 0 heterocycles. The summed E-state index contributed by atoms with van der Waals surface area (Å²) in [5, 5.41) is 0. The predicted molar refractivity (Wildman–Crippen MR) is 77.7 cm³/mol. The minimum Gasteiger partial charge on any atom is -0.399 e. The molecule has 0 atom stereocenters. The van der Waals surface area contributed by atoms with Crippen LogP contribution in [0.2, 0.25) is 0 Å². The maximum Gasteiger partial charge on any atom is 0.253 e. The van der Waals surface area contributed by atoms with Crippen LogP contribution >= 0.6 is 0 Å². The normalized spacial score (nSPS) is 10.5. The number of hydrogen-bond donors (Lipinski definition) is 1. The summed E-state index contributed by atoms with van der Waals surface area (Å²) in [6, 6.07) is 8.62. The van der Waals surface area contributed by atoms with Crippen molar-refractivity contribution in [2.45, 2.75) is 13.5 Å². The van der Waals surface area contributed by atoms with Gasteiger partial charge in [0.1, 0.15) is 0 Å². The van der Waals surface area contributed by atoms with E-state index in [-0.39, 0.29) is 12.5 Å². The van der Waals surface area contributed by atoms with Gasteiger partial charge in [0, 0.05) is 24.8 Å². The summed E-state index contributed by atoms with van der Waals surface area (Å²) >= 11 is 0. The number of carbonyl (C=O) groups excluding carboxylic acids is 1. The Morgan fingerprint density at radius 2 is 1.86 bits per heavy atom. The summed E-state index contributed by atoms with van der Waals surface area (Å²) in [5.74, 6) is -2.03. The summed E-state index contributed by atoms with van der Waals surface area (Å²) in [6.45, 7) is 2.01. The van der Waals surface area contributed by atoms with E-state index in [1.807, 2.05) is 6.92 Å². The van der Waals surface area contributed by atoms with Gasteiger partial charge in [-0.05, 0) is 48.4 Å². The van der Waals surface area contributed by atoms with Gasteiger partial charge in [0.15, 0.2) is 11.6 Å². The number of nitrogens with zero attached hydrogens (tertiary/aromatic N) is 1. The zero-order valence-corrected chi connectivity index (χ0v) is 11.9. The average molecular weight is 290 g/mol. The second-order valence-corrected chi connectivity index (χ2v) is 4.98. The van der Waals surface area contributed by atoms with Crippen LogP contribution in [0.15, 0.2) is 36.4 Å². The van der Waals surface area contributed by atoms with Gasteiger partial charge >= 0.3 is 0 Å². The molecule has 2 aromatic rings. The molecule has 1 amide bonds. The van der Waals surface area contributed by atoms with Gasteiger partial charge in [0.05, 0.1) is 0 Å². The van der Waals surface area contributed by atoms with E-state index in [1.54, 1.807) is 25.2 Å². The molecule has 0 bridgehead atoms. The van der Waals surface area contributed by atoms with Crippen LogP contribution in [0, 0.1) is 18.6 Å². The lowest BCUT2D eigenvalue weighted by molar-refractivity contribution is 0.0785. The number of amides is 1. The summed E-state index contributed by atoms with van der Waals surface area (Å²) in [6.07, 6.45) is 0. The highest BCUT2D eigenvalue weighted by Crippen LogP contribution is 2.16. The summed E-state index contributed by atoms with van der Waals surface area (Å²) in [7, 11) is 1.61. The van der Waals surface area contributed by atoms with Crippen LogP contribution < -0.4 is 5.73 Å². The molecule has 0 radical (unpaired) electrons. The maximum absolute atomic E-state index is 13.2. The molecule has 0 fully saturated rings. The zero-order valence-electron chi connectivity index (χ0n) is 11.9. The van der Waals surface area contributed by atoms with E-state index >= 15 is 0 Å². The topological polar surface area (TPSA) is 46.3 Å². The first-order chi connectivity index (χ1) is 9.88. The van der Waals surface area contributed by atoms with Crippen molar-refractivity contribution in [2.75, 3.05) is 12.8 Å². The van der Waals surface area contributed by atoms with E-state index in [4.69, 9.17) is 5.73 Å². The number of carbonyl (C=O) groups is 1. The van der Waals surface area contributed by atoms with E-state index in [9.17, 15) is 13.6 Å². The number of benzene rings is 2. The number of aryl methyl sites for hydroxylation is 1. The Morgan fingerprint density at radius 1 is 1.14 bits per heavy atom. The second kappa shape index (κ2) is 5.91. The van der Waals surface area contributed by atoms with Gasteiger partial charge in [0.25, 0.3) is 5.91 Å². The molecule has 2 rings (SSSR count). The molecule has 0 aliphatic rings. The van der Waals surface area contributed by atoms with Crippen molar-refractivity contribution in [3.8, 4) is 0 Å². The zero-order chi connectivity index (χ0) is 15.6. The molecule has 0 saturated carbocycles. The van der Waals surface area contributed by atoms with E-state index in [1.165, 1.54) is 11.0 Å². The lowest BCUT2D eigenvalue weighted by Crippen LogP contribution is -2.26. The molecule has 0 spiro atoms. The summed E-state index contributed by atoms with van der Waals surface area (Å²) in [5.41, 5.74) is 8.19. The predicted octanol–water partition coefficient (Wildman–Crippen LogP) is 3.13. The first-order valence-corrected chi connectivity index (χ1v) is 6.44. The van der Waals surface area contributed by atoms with Gasteiger partial charge in [-0.25, -0.2) is 8.78 Å². The van der Waals surface area contributed by atoms with Crippen LogP contribution in [0.1, 0.15) is 21.5 Å². The lowest BCUT2D eigenvalue weighted by Gasteiger charge is -2.18. The minimum absolute atomic E-state index is 0.194. The molecule has 2 aromatic carbocycles. The van der Waals surface area contributed by atoms with Crippen LogP contribution in [0.5, 0.6) is 0 Å². The van der Waals surface area contributed by atoms with Gasteiger partial charge in [-0.15, -0.1) is 0 Å². The van der Waals surface area contributed by atoms with Crippen molar-refractivity contribution in [2.24, 2.45) is 0 Å². The van der Waals surface area contributed by atoms with E-state index < -0.39 is 11.6 Å². The number of hydrogen-bond acceptors (Lipinski definition) is 2. The van der Waals surface area contributed by atoms with Crippen LogP contribution in [-0.4, -0.2) is 17.9 Å². The smallest absolute Gasteiger partial charge is 0.253 e. The molecular weight excluding hydrogens is 274 g/mol. The maximum atomic E-state index is 13.2. The second-order valence-electron chi connectivity index (χ2n) is 4.98. The number of nitrogens with two attached hydrogens (primary N) is 1. The first kappa shape index (κ1) is 15.0. The van der Waals surface area contributed by atoms with Crippen molar-refractivity contribution in [3.63, 3.8) is 0 Å². The van der Waals surface area contributed by atoms with E-state index in [0.717, 1.165) is 17.7 Å². The van der Waals surface area contributed by atoms with Gasteiger partial charge in [-0.1, -0.05) is 6.07 Å². The van der Waals surface area contributed by atoms with Crippen LogP contribution in [0.25, 0.3) is 0 Å². The van der Waals surface area contributed by atoms with Crippen LogP contribution in [0.3, 0.4) is 0 Å². The molecule has 21 heavy (non-hydrogen) atoms. The number of halogens is 2. The van der Waals surface area contributed by atoms with Crippen LogP contribution in [-0.2, 0) is 6.54 Å². The number of rotatable bonds is 3. The highest BCUT2D eigenvalue weighted by Gasteiger charge is 2.13. The molecule has 0 aliphatic carbocycles. The molecule has 5 heteroatoms. The standard InChI is InChI=1S/C16H16F2N2O/c1-10-7-12(4-6-15(10)19)16(21)20(2)9-11-3-5-13(17)14(18)8-11/h3-8H,9,19H2,1-2H3. The van der Waals surface area contributed by atoms with Gasteiger partial charge in [-0.2, -0.15) is 0 Å². The van der Waals surface area contributed by atoms with Gasteiger partial charge < -0.3 is 10.6 Å². The molecule has 0 unspecified atom stereocenters. The Hall–Kier alpha value is -2.43. The fourth-order valence-electron chi connectivity index (χ4n) is 2.01. The third kappa shape index (κ3) is 3.37.